The Morgan fingerprint density at radius 3 is 2.21 bits per heavy atom. The van der Waals surface area contributed by atoms with E-state index in [9.17, 15) is 9.59 Å². The van der Waals surface area contributed by atoms with Gasteiger partial charge in [0.1, 0.15) is 0 Å². The van der Waals surface area contributed by atoms with Crippen molar-refractivity contribution < 1.29 is 24.2 Å². The molecule has 1 N–H and O–H groups in total. The lowest BCUT2D eigenvalue weighted by Gasteiger charge is -2.42. The number of carbonyl (C=O) groups is 2. The molecule has 0 saturated heterocycles. The molecule has 0 aromatic carbocycles. The molecule has 1 atom stereocenters. The summed E-state index contributed by atoms with van der Waals surface area (Å²) in [7, 11) is 1.35. The van der Waals surface area contributed by atoms with Crippen LogP contribution in [0.3, 0.4) is 0 Å². The van der Waals surface area contributed by atoms with Crippen LogP contribution in [0, 0.1) is 5.41 Å². The van der Waals surface area contributed by atoms with Crippen LogP contribution < -0.4 is 0 Å². The highest BCUT2D eigenvalue weighted by molar-refractivity contribution is 5.77. The minimum absolute atomic E-state index is 0.0718. The Balaban J connectivity index is 4.93. The van der Waals surface area contributed by atoms with Gasteiger partial charge in [0.15, 0.2) is 0 Å². The second-order valence-electron chi connectivity index (χ2n) is 5.44. The molecule has 0 aliphatic carbocycles. The summed E-state index contributed by atoms with van der Waals surface area (Å²) in [5.74, 6) is -1.19. The minimum Gasteiger partial charge on any atom is -0.481 e. The second kappa shape index (κ2) is 7.48. The van der Waals surface area contributed by atoms with Crippen LogP contribution in [0.4, 0.5) is 0 Å². The van der Waals surface area contributed by atoms with Crippen molar-refractivity contribution >= 4 is 11.9 Å². The molecular weight excluding hydrogens is 248 g/mol. The van der Waals surface area contributed by atoms with Crippen molar-refractivity contribution in [2.24, 2.45) is 5.41 Å². The lowest BCUT2D eigenvalue weighted by atomic mass is 9.73. The van der Waals surface area contributed by atoms with E-state index in [-0.39, 0.29) is 12.4 Å². The van der Waals surface area contributed by atoms with Gasteiger partial charge in [0.05, 0.1) is 18.1 Å². The number of hydrogen-bond acceptors (Lipinski definition) is 4. The van der Waals surface area contributed by atoms with E-state index in [1.807, 2.05) is 13.8 Å². The molecule has 0 aliphatic rings. The monoisotopic (exact) mass is 274 g/mol. The fourth-order valence-electron chi connectivity index (χ4n) is 1.94. The van der Waals surface area contributed by atoms with Crippen LogP contribution in [-0.4, -0.2) is 36.4 Å². The zero-order valence-corrected chi connectivity index (χ0v) is 12.6. The molecule has 0 aliphatic heterocycles. The van der Waals surface area contributed by atoms with Crippen LogP contribution in [0.25, 0.3) is 0 Å². The van der Waals surface area contributed by atoms with E-state index in [1.54, 1.807) is 13.8 Å². The highest BCUT2D eigenvalue weighted by Crippen LogP contribution is 2.39. The topological polar surface area (TPSA) is 72.8 Å². The first-order valence-corrected chi connectivity index (χ1v) is 6.65. The van der Waals surface area contributed by atoms with E-state index in [1.165, 1.54) is 7.11 Å². The van der Waals surface area contributed by atoms with E-state index >= 15 is 0 Å². The van der Waals surface area contributed by atoms with Gasteiger partial charge in [0, 0.05) is 13.0 Å². The molecule has 0 heterocycles. The van der Waals surface area contributed by atoms with Crippen molar-refractivity contribution in [2.75, 3.05) is 13.7 Å². The Kier molecular flexibility index (Phi) is 7.05. The van der Waals surface area contributed by atoms with Crippen LogP contribution >= 0.6 is 0 Å². The summed E-state index contributed by atoms with van der Waals surface area (Å²) < 4.78 is 10.7. The molecule has 5 nitrogen and oxygen atoms in total. The molecule has 0 rings (SSSR count). The highest BCUT2D eigenvalue weighted by atomic mass is 16.5. The second-order valence-corrected chi connectivity index (χ2v) is 5.44. The molecular formula is C14H26O5. The molecule has 0 radical (unpaired) electrons. The van der Waals surface area contributed by atoms with Gasteiger partial charge in [-0.1, -0.05) is 6.92 Å². The first-order valence-electron chi connectivity index (χ1n) is 6.65. The molecule has 0 aromatic rings. The summed E-state index contributed by atoms with van der Waals surface area (Å²) in [6.07, 6.45) is 1.88. The first-order chi connectivity index (χ1) is 8.71. The molecule has 0 bridgehead atoms. The molecule has 0 spiro atoms. The average molecular weight is 274 g/mol. The van der Waals surface area contributed by atoms with Crippen molar-refractivity contribution in [3.63, 3.8) is 0 Å². The summed E-state index contributed by atoms with van der Waals surface area (Å²) >= 11 is 0. The summed E-state index contributed by atoms with van der Waals surface area (Å²) in [5.41, 5.74) is -1.55. The summed E-state index contributed by atoms with van der Waals surface area (Å²) in [6.45, 7) is 7.92. The summed E-state index contributed by atoms with van der Waals surface area (Å²) in [6, 6.07) is 0. The quantitative estimate of drug-likeness (QED) is 0.654. The maximum absolute atomic E-state index is 11.9. The predicted molar refractivity (Wildman–Crippen MR) is 71.9 cm³/mol. The third-order valence-corrected chi connectivity index (χ3v) is 3.69. The summed E-state index contributed by atoms with van der Waals surface area (Å²) in [5, 5.41) is 8.71. The van der Waals surface area contributed by atoms with Crippen molar-refractivity contribution in [1.29, 1.82) is 0 Å². The fraction of sp³-hybridized carbons (Fsp3) is 0.857. The average Bonchev–Trinajstić information content (AvgIpc) is 2.34. The normalized spacial score (nSPS) is 14.8. The van der Waals surface area contributed by atoms with E-state index in [0.29, 0.717) is 19.4 Å². The molecule has 1 unspecified atom stereocenters. The smallest absolute Gasteiger partial charge is 0.314 e. The Morgan fingerprint density at radius 2 is 1.79 bits per heavy atom. The number of esters is 1. The standard InChI is InChI=1S/C14H26O5/c1-6-10-19-14(4,9-7-8-11(15)16)13(2,3)12(17)18-5/h6-10H2,1-5H3,(H,15,16). The Labute approximate surface area is 115 Å². The number of methoxy groups -OCH3 is 1. The van der Waals surface area contributed by atoms with Crippen LogP contribution in [-0.2, 0) is 19.1 Å². The van der Waals surface area contributed by atoms with Gasteiger partial charge in [0.2, 0.25) is 0 Å². The molecule has 19 heavy (non-hydrogen) atoms. The third-order valence-electron chi connectivity index (χ3n) is 3.69. The van der Waals surface area contributed by atoms with Crippen LogP contribution in [0.1, 0.15) is 53.4 Å². The van der Waals surface area contributed by atoms with Crippen LogP contribution in [0.2, 0.25) is 0 Å². The highest BCUT2D eigenvalue weighted by Gasteiger charge is 2.48. The minimum atomic E-state index is -0.839. The van der Waals surface area contributed by atoms with Gasteiger partial charge in [-0.05, 0) is 40.0 Å². The Bertz CT molecular complexity index is 311. The van der Waals surface area contributed by atoms with Gasteiger partial charge in [-0.3, -0.25) is 9.59 Å². The largest absolute Gasteiger partial charge is 0.481 e. The molecule has 0 saturated carbocycles. The first kappa shape index (κ1) is 17.9. The molecule has 0 aromatic heterocycles. The van der Waals surface area contributed by atoms with E-state index in [0.717, 1.165) is 6.42 Å². The van der Waals surface area contributed by atoms with Crippen molar-refractivity contribution in [1.82, 2.24) is 0 Å². The Hall–Kier alpha value is -1.10. The van der Waals surface area contributed by atoms with Crippen molar-refractivity contribution in [3.8, 4) is 0 Å². The van der Waals surface area contributed by atoms with E-state index in [2.05, 4.69) is 0 Å². The lowest BCUT2D eigenvalue weighted by Crippen LogP contribution is -2.50. The number of rotatable bonds is 9. The fourth-order valence-corrected chi connectivity index (χ4v) is 1.94. The maximum atomic E-state index is 11.9. The van der Waals surface area contributed by atoms with Gasteiger partial charge in [-0.25, -0.2) is 0 Å². The lowest BCUT2D eigenvalue weighted by molar-refractivity contribution is -0.176. The van der Waals surface area contributed by atoms with Crippen molar-refractivity contribution in [2.45, 2.75) is 59.0 Å². The Morgan fingerprint density at radius 1 is 1.21 bits per heavy atom. The molecule has 0 amide bonds. The van der Waals surface area contributed by atoms with Gasteiger partial charge in [0.25, 0.3) is 0 Å². The number of carbonyl (C=O) groups excluding carboxylic acids is 1. The molecule has 5 heteroatoms. The third kappa shape index (κ3) is 4.82. The van der Waals surface area contributed by atoms with Crippen molar-refractivity contribution in [3.05, 3.63) is 0 Å². The van der Waals surface area contributed by atoms with Crippen LogP contribution in [0.15, 0.2) is 0 Å². The number of ether oxygens (including phenoxy) is 2. The number of carboxylic acid groups (broad SMARTS) is 1. The van der Waals surface area contributed by atoms with Gasteiger partial charge in [-0.2, -0.15) is 0 Å². The van der Waals surface area contributed by atoms with Gasteiger partial charge < -0.3 is 14.6 Å². The number of carboxylic acids is 1. The van der Waals surface area contributed by atoms with Crippen LogP contribution in [0.5, 0.6) is 0 Å². The predicted octanol–water partition coefficient (Wildman–Crippen LogP) is 2.63. The zero-order valence-electron chi connectivity index (χ0n) is 12.6. The van der Waals surface area contributed by atoms with Gasteiger partial charge in [-0.15, -0.1) is 0 Å². The number of aliphatic carboxylic acids is 1. The summed E-state index contributed by atoms with van der Waals surface area (Å²) in [4.78, 5) is 22.5. The maximum Gasteiger partial charge on any atom is 0.314 e. The van der Waals surface area contributed by atoms with E-state index < -0.39 is 17.0 Å². The van der Waals surface area contributed by atoms with E-state index in [4.69, 9.17) is 14.6 Å². The molecule has 112 valence electrons. The molecule has 0 fully saturated rings. The SMILES string of the molecule is CCCOC(C)(CCCC(=O)O)C(C)(C)C(=O)OC. The van der Waals surface area contributed by atoms with Gasteiger partial charge >= 0.3 is 11.9 Å². The number of hydrogen-bond donors (Lipinski definition) is 1. The zero-order chi connectivity index (χ0) is 15.1.